The quantitative estimate of drug-likeness (QED) is 0.873. The fourth-order valence-electron chi connectivity index (χ4n) is 1.40. The van der Waals surface area contributed by atoms with Crippen LogP contribution >= 0.6 is 15.9 Å². The molecule has 17 heavy (non-hydrogen) atoms. The molecule has 0 aliphatic rings. The normalized spacial score (nSPS) is 12.0. The van der Waals surface area contributed by atoms with E-state index in [1.54, 1.807) is 25.3 Å². The van der Waals surface area contributed by atoms with Gasteiger partial charge < -0.3 is 15.8 Å². The lowest BCUT2D eigenvalue weighted by atomic mass is 10.1. The summed E-state index contributed by atoms with van der Waals surface area (Å²) in [5.41, 5.74) is 6.10. The predicted molar refractivity (Wildman–Crippen MR) is 71.3 cm³/mol. The smallest absolute Gasteiger partial charge is 0.252 e. The lowest BCUT2D eigenvalue weighted by Crippen LogP contribution is -2.39. The van der Waals surface area contributed by atoms with E-state index in [2.05, 4.69) is 21.2 Å². The fourth-order valence-corrected chi connectivity index (χ4v) is 1.82. The monoisotopic (exact) mass is 300 g/mol. The van der Waals surface area contributed by atoms with Crippen molar-refractivity contribution in [2.45, 2.75) is 19.4 Å². The summed E-state index contributed by atoms with van der Waals surface area (Å²) in [5.74, 6) is 0.507. The number of benzene rings is 1. The van der Waals surface area contributed by atoms with Crippen LogP contribution in [-0.4, -0.2) is 25.6 Å². The molecule has 0 bridgehead atoms. The Balaban J connectivity index is 2.87. The summed E-state index contributed by atoms with van der Waals surface area (Å²) in [6, 6.07) is 5.28. The van der Waals surface area contributed by atoms with Gasteiger partial charge in [0.25, 0.3) is 5.91 Å². The van der Waals surface area contributed by atoms with Gasteiger partial charge in [0.1, 0.15) is 5.75 Å². The third kappa shape index (κ3) is 3.71. The molecule has 1 unspecified atom stereocenters. The third-order valence-corrected chi connectivity index (χ3v) is 3.22. The number of hydrogen-bond donors (Lipinski definition) is 2. The van der Waals surface area contributed by atoms with Gasteiger partial charge in [0.05, 0.1) is 12.7 Å². The van der Waals surface area contributed by atoms with Gasteiger partial charge >= 0.3 is 0 Å². The van der Waals surface area contributed by atoms with E-state index in [-0.39, 0.29) is 11.9 Å². The maximum atomic E-state index is 12.0. The summed E-state index contributed by atoms with van der Waals surface area (Å²) in [6.45, 7) is 2.42. The van der Waals surface area contributed by atoms with Crippen molar-refractivity contribution in [2.24, 2.45) is 5.73 Å². The summed E-state index contributed by atoms with van der Waals surface area (Å²) in [5, 5.41) is 2.88. The number of rotatable bonds is 5. The van der Waals surface area contributed by atoms with Crippen LogP contribution in [0.4, 0.5) is 0 Å². The number of ether oxygens (including phenoxy) is 1. The molecule has 94 valence electrons. The predicted octanol–water partition coefficient (Wildman–Crippen LogP) is 1.92. The van der Waals surface area contributed by atoms with E-state index in [1.807, 2.05) is 6.92 Å². The molecule has 1 rings (SSSR count). The van der Waals surface area contributed by atoms with Crippen molar-refractivity contribution in [1.29, 1.82) is 0 Å². The number of hydrogen-bond acceptors (Lipinski definition) is 3. The van der Waals surface area contributed by atoms with Crippen LogP contribution in [0, 0.1) is 0 Å². The molecule has 0 fully saturated rings. The molecule has 5 heteroatoms. The Labute approximate surface area is 110 Å². The van der Waals surface area contributed by atoms with Crippen molar-refractivity contribution in [3.05, 3.63) is 28.2 Å². The molecular formula is C12H17BrN2O2. The first-order valence-corrected chi connectivity index (χ1v) is 6.26. The van der Waals surface area contributed by atoms with E-state index in [0.29, 0.717) is 17.9 Å². The molecule has 0 aromatic heterocycles. The van der Waals surface area contributed by atoms with Gasteiger partial charge in [-0.2, -0.15) is 0 Å². The average molecular weight is 301 g/mol. The van der Waals surface area contributed by atoms with Gasteiger partial charge in [-0.05, 0) is 40.5 Å². The Kier molecular flexibility index (Phi) is 5.44. The van der Waals surface area contributed by atoms with Crippen LogP contribution in [0.3, 0.4) is 0 Å². The minimum absolute atomic E-state index is 0.000557. The van der Waals surface area contributed by atoms with E-state index < -0.39 is 0 Å². The van der Waals surface area contributed by atoms with Crippen LogP contribution in [0.5, 0.6) is 5.75 Å². The second-order valence-electron chi connectivity index (χ2n) is 3.66. The largest absolute Gasteiger partial charge is 0.497 e. The Bertz CT molecular complexity index is 392. The van der Waals surface area contributed by atoms with Gasteiger partial charge in [-0.25, -0.2) is 0 Å². The van der Waals surface area contributed by atoms with Gasteiger partial charge in [0.2, 0.25) is 0 Å². The second-order valence-corrected chi connectivity index (χ2v) is 4.51. The number of nitrogens with two attached hydrogens (primary N) is 1. The zero-order valence-electron chi connectivity index (χ0n) is 10.00. The highest BCUT2D eigenvalue weighted by atomic mass is 79.9. The van der Waals surface area contributed by atoms with Crippen molar-refractivity contribution in [1.82, 2.24) is 5.32 Å². The van der Waals surface area contributed by atoms with Crippen LogP contribution in [0.1, 0.15) is 23.7 Å². The second kappa shape index (κ2) is 6.61. The zero-order valence-corrected chi connectivity index (χ0v) is 11.6. The van der Waals surface area contributed by atoms with E-state index in [9.17, 15) is 4.79 Å². The summed E-state index contributed by atoms with van der Waals surface area (Å²) in [4.78, 5) is 12.0. The first-order chi connectivity index (χ1) is 8.12. The average Bonchev–Trinajstić information content (AvgIpc) is 2.36. The number of carbonyl (C=O) groups is 1. The van der Waals surface area contributed by atoms with E-state index in [0.717, 1.165) is 10.9 Å². The summed E-state index contributed by atoms with van der Waals surface area (Å²) in [6.07, 6.45) is 0.809. The van der Waals surface area contributed by atoms with E-state index >= 15 is 0 Å². The van der Waals surface area contributed by atoms with Gasteiger partial charge in [0.15, 0.2) is 0 Å². The van der Waals surface area contributed by atoms with Gasteiger partial charge in [0, 0.05) is 17.1 Å². The molecule has 3 N–H and O–H groups in total. The molecule has 1 amide bonds. The molecule has 0 heterocycles. The summed E-state index contributed by atoms with van der Waals surface area (Å²) in [7, 11) is 1.57. The molecule has 4 nitrogen and oxygen atoms in total. The Morgan fingerprint density at radius 3 is 2.82 bits per heavy atom. The van der Waals surface area contributed by atoms with Crippen LogP contribution in [-0.2, 0) is 0 Å². The zero-order chi connectivity index (χ0) is 12.8. The Hall–Kier alpha value is -1.07. The topological polar surface area (TPSA) is 64.3 Å². The fraction of sp³-hybridized carbons (Fsp3) is 0.417. The third-order valence-electron chi connectivity index (χ3n) is 2.53. The van der Waals surface area contributed by atoms with Crippen LogP contribution < -0.4 is 15.8 Å². The first kappa shape index (κ1) is 14.0. The van der Waals surface area contributed by atoms with E-state index in [1.165, 1.54) is 0 Å². The molecule has 0 aliphatic carbocycles. The molecule has 1 atom stereocenters. The number of methoxy groups -OCH3 is 1. The highest BCUT2D eigenvalue weighted by Crippen LogP contribution is 2.22. The summed E-state index contributed by atoms with van der Waals surface area (Å²) < 4.78 is 5.83. The van der Waals surface area contributed by atoms with E-state index in [4.69, 9.17) is 10.5 Å². The van der Waals surface area contributed by atoms with Crippen molar-refractivity contribution in [2.75, 3.05) is 13.7 Å². The standard InChI is InChI=1S/C12H17BrN2O2/c1-3-8(7-14)15-12(16)10-6-9(17-2)4-5-11(10)13/h4-6,8H,3,7,14H2,1-2H3,(H,15,16). The van der Waals surface area contributed by atoms with Crippen molar-refractivity contribution in [3.63, 3.8) is 0 Å². The number of amides is 1. The van der Waals surface area contributed by atoms with Crippen molar-refractivity contribution < 1.29 is 9.53 Å². The molecule has 0 aliphatic heterocycles. The minimum Gasteiger partial charge on any atom is -0.497 e. The Morgan fingerprint density at radius 2 is 2.29 bits per heavy atom. The van der Waals surface area contributed by atoms with Gasteiger partial charge in [-0.15, -0.1) is 0 Å². The number of halogens is 1. The Morgan fingerprint density at radius 1 is 1.59 bits per heavy atom. The maximum Gasteiger partial charge on any atom is 0.252 e. The molecule has 0 saturated heterocycles. The van der Waals surface area contributed by atoms with Crippen molar-refractivity contribution >= 4 is 21.8 Å². The molecule has 1 aromatic rings. The first-order valence-electron chi connectivity index (χ1n) is 5.46. The highest BCUT2D eigenvalue weighted by molar-refractivity contribution is 9.10. The van der Waals surface area contributed by atoms with Crippen LogP contribution in [0.2, 0.25) is 0 Å². The number of carbonyl (C=O) groups excluding carboxylic acids is 1. The lowest BCUT2D eigenvalue weighted by molar-refractivity contribution is 0.0936. The lowest BCUT2D eigenvalue weighted by Gasteiger charge is -2.15. The van der Waals surface area contributed by atoms with Crippen LogP contribution in [0.25, 0.3) is 0 Å². The van der Waals surface area contributed by atoms with Gasteiger partial charge in [-0.3, -0.25) is 4.79 Å². The SMILES string of the molecule is CCC(CN)NC(=O)c1cc(OC)ccc1Br. The molecule has 1 aromatic carbocycles. The van der Waals surface area contributed by atoms with Gasteiger partial charge in [-0.1, -0.05) is 6.92 Å². The number of nitrogens with one attached hydrogen (secondary N) is 1. The van der Waals surface area contributed by atoms with Crippen LogP contribution in [0.15, 0.2) is 22.7 Å². The molecular weight excluding hydrogens is 284 g/mol. The minimum atomic E-state index is -0.145. The highest BCUT2D eigenvalue weighted by Gasteiger charge is 2.14. The molecule has 0 saturated carbocycles. The maximum absolute atomic E-state index is 12.0. The van der Waals surface area contributed by atoms with Crippen molar-refractivity contribution in [3.8, 4) is 5.75 Å². The molecule has 0 spiro atoms. The summed E-state index contributed by atoms with van der Waals surface area (Å²) >= 11 is 3.35. The molecule has 0 radical (unpaired) electrons.